The highest BCUT2D eigenvalue weighted by Crippen LogP contribution is 2.29. The molecule has 7 heteroatoms. The summed E-state index contributed by atoms with van der Waals surface area (Å²) in [5.74, 6) is 1.58. The quantitative estimate of drug-likeness (QED) is 0.894. The number of hydrogen-bond donors (Lipinski definition) is 1. The van der Waals surface area contributed by atoms with Gasteiger partial charge in [0, 0.05) is 6.07 Å². The molecule has 0 radical (unpaired) electrons. The molecule has 1 aliphatic carbocycles. The van der Waals surface area contributed by atoms with Gasteiger partial charge in [0.15, 0.2) is 0 Å². The van der Waals surface area contributed by atoms with Crippen molar-refractivity contribution >= 4 is 0 Å². The maximum Gasteiger partial charge on any atom is 0.233 e. The van der Waals surface area contributed by atoms with Crippen molar-refractivity contribution in [3.63, 3.8) is 0 Å². The average Bonchev–Trinajstić information content (AvgIpc) is 3.19. The second-order valence-corrected chi connectivity index (χ2v) is 5.29. The lowest BCUT2D eigenvalue weighted by atomic mass is 9.98. The fraction of sp³-hybridized carbons (Fsp3) is 0.571. The Labute approximate surface area is 122 Å². The second kappa shape index (κ2) is 6.17. The van der Waals surface area contributed by atoms with Crippen LogP contribution in [0, 0.1) is 5.92 Å². The van der Waals surface area contributed by atoms with E-state index < -0.39 is 6.10 Å². The van der Waals surface area contributed by atoms with Gasteiger partial charge in [-0.25, -0.2) is 0 Å². The van der Waals surface area contributed by atoms with Crippen LogP contribution in [-0.4, -0.2) is 38.7 Å². The highest BCUT2D eigenvalue weighted by molar-refractivity contribution is 5.47. The molecule has 2 aromatic rings. The van der Waals surface area contributed by atoms with E-state index in [1.165, 1.54) is 20.0 Å². The van der Waals surface area contributed by atoms with Crippen molar-refractivity contribution in [2.75, 3.05) is 7.11 Å². The Hall–Kier alpha value is -2.02. The van der Waals surface area contributed by atoms with Crippen LogP contribution in [0.15, 0.2) is 16.7 Å². The Morgan fingerprint density at radius 2 is 2.14 bits per heavy atom. The van der Waals surface area contributed by atoms with Gasteiger partial charge in [-0.2, -0.15) is 4.98 Å². The van der Waals surface area contributed by atoms with E-state index in [0.717, 1.165) is 12.8 Å². The van der Waals surface area contributed by atoms with E-state index in [-0.39, 0.29) is 0 Å². The summed E-state index contributed by atoms with van der Waals surface area (Å²) in [7, 11) is 1.53. The van der Waals surface area contributed by atoms with Gasteiger partial charge in [0.2, 0.25) is 17.6 Å². The Morgan fingerprint density at radius 3 is 2.81 bits per heavy atom. The van der Waals surface area contributed by atoms with Crippen LogP contribution in [-0.2, 0) is 6.42 Å². The third kappa shape index (κ3) is 3.18. The number of ether oxygens (including phenoxy) is 1. The predicted molar refractivity (Wildman–Crippen MR) is 73.5 cm³/mol. The minimum atomic E-state index is -0.414. The molecule has 1 unspecified atom stereocenters. The van der Waals surface area contributed by atoms with Gasteiger partial charge >= 0.3 is 0 Å². The molecular weight excluding hydrogens is 272 g/mol. The van der Waals surface area contributed by atoms with E-state index in [0.29, 0.717) is 35.6 Å². The summed E-state index contributed by atoms with van der Waals surface area (Å²) >= 11 is 0. The van der Waals surface area contributed by atoms with Gasteiger partial charge in [-0.1, -0.05) is 18.0 Å². The summed E-state index contributed by atoms with van der Waals surface area (Å²) < 4.78 is 10.1. The lowest BCUT2D eigenvalue weighted by Gasteiger charge is -2.14. The molecule has 21 heavy (non-hydrogen) atoms. The molecule has 1 aliphatic rings. The molecule has 1 atom stereocenters. The van der Waals surface area contributed by atoms with Crippen molar-refractivity contribution in [1.29, 1.82) is 0 Å². The van der Waals surface area contributed by atoms with E-state index in [1.807, 2.05) is 0 Å². The lowest BCUT2D eigenvalue weighted by Crippen LogP contribution is -2.20. The predicted octanol–water partition coefficient (Wildman–Crippen LogP) is 1.63. The van der Waals surface area contributed by atoms with E-state index in [2.05, 4.69) is 20.3 Å². The highest BCUT2D eigenvalue weighted by Gasteiger charge is 2.25. The maximum absolute atomic E-state index is 10.2. The Balaban J connectivity index is 1.67. The zero-order chi connectivity index (χ0) is 14.7. The normalized spacial score (nSPS) is 17.0. The van der Waals surface area contributed by atoms with Gasteiger partial charge in [0.1, 0.15) is 5.69 Å². The van der Waals surface area contributed by atoms with E-state index in [4.69, 9.17) is 9.26 Å². The van der Waals surface area contributed by atoms with Gasteiger partial charge in [0.25, 0.3) is 0 Å². The second-order valence-electron chi connectivity index (χ2n) is 5.29. The third-order valence-electron chi connectivity index (χ3n) is 3.87. The van der Waals surface area contributed by atoms with Gasteiger partial charge in [-0.3, -0.25) is 0 Å². The number of hydrogen-bond acceptors (Lipinski definition) is 7. The number of aliphatic hydroxyl groups is 1. The maximum atomic E-state index is 10.2. The topological polar surface area (TPSA) is 94.2 Å². The molecule has 0 saturated heterocycles. The van der Waals surface area contributed by atoms with Gasteiger partial charge in [0.05, 0.1) is 19.6 Å². The molecule has 7 nitrogen and oxygen atoms in total. The number of aliphatic hydroxyl groups excluding tert-OH is 1. The SMILES string of the molecule is COc1ccc(-c2noc(CC(O)C3CCCC3)n2)nn1. The number of aromatic nitrogens is 4. The number of rotatable bonds is 5. The molecule has 0 aromatic carbocycles. The van der Waals surface area contributed by atoms with Crippen LogP contribution >= 0.6 is 0 Å². The minimum Gasteiger partial charge on any atom is -0.480 e. The molecule has 2 heterocycles. The summed E-state index contributed by atoms with van der Waals surface area (Å²) in [5.41, 5.74) is 0.515. The fourth-order valence-corrected chi connectivity index (χ4v) is 2.68. The molecule has 0 amide bonds. The van der Waals surface area contributed by atoms with E-state index >= 15 is 0 Å². The summed E-state index contributed by atoms with van der Waals surface area (Å²) in [6.45, 7) is 0. The van der Waals surface area contributed by atoms with E-state index in [9.17, 15) is 5.11 Å². The van der Waals surface area contributed by atoms with Crippen LogP contribution in [0.25, 0.3) is 11.5 Å². The Morgan fingerprint density at radius 1 is 1.33 bits per heavy atom. The molecule has 3 rings (SSSR count). The molecule has 112 valence electrons. The first-order valence-electron chi connectivity index (χ1n) is 7.15. The van der Waals surface area contributed by atoms with Crippen molar-refractivity contribution in [2.45, 2.75) is 38.2 Å². The standard InChI is InChI=1S/C14H18N4O3/c1-20-12-7-6-10(16-17-12)14-15-13(21-18-14)8-11(19)9-4-2-3-5-9/h6-7,9,11,19H,2-5,8H2,1H3. The molecule has 1 N–H and O–H groups in total. The molecule has 0 bridgehead atoms. The van der Waals surface area contributed by atoms with Crippen LogP contribution < -0.4 is 4.74 Å². The number of methoxy groups -OCH3 is 1. The average molecular weight is 290 g/mol. The molecule has 1 fully saturated rings. The van der Waals surface area contributed by atoms with Crippen molar-refractivity contribution in [3.05, 3.63) is 18.0 Å². The van der Waals surface area contributed by atoms with Crippen LogP contribution in [0.5, 0.6) is 5.88 Å². The summed E-state index contributed by atoms with van der Waals surface area (Å²) in [5, 5.41) is 21.9. The van der Waals surface area contributed by atoms with Crippen LogP contribution in [0.1, 0.15) is 31.6 Å². The van der Waals surface area contributed by atoms with Crippen LogP contribution in [0.2, 0.25) is 0 Å². The highest BCUT2D eigenvalue weighted by atomic mass is 16.5. The van der Waals surface area contributed by atoms with Crippen LogP contribution in [0.4, 0.5) is 0 Å². The monoisotopic (exact) mass is 290 g/mol. The van der Waals surface area contributed by atoms with Crippen molar-refractivity contribution < 1.29 is 14.4 Å². The summed E-state index contributed by atoms with van der Waals surface area (Å²) in [4.78, 5) is 4.27. The first-order chi connectivity index (χ1) is 10.3. The molecular formula is C14H18N4O3. The minimum absolute atomic E-state index is 0.348. The first-order valence-corrected chi connectivity index (χ1v) is 7.15. The number of nitrogens with zero attached hydrogens (tertiary/aromatic N) is 4. The smallest absolute Gasteiger partial charge is 0.233 e. The molecule has 2 aromatic heterocycles. The molecule has 0 spiro atoms. The third-order valence-corrected chi connectivity index (χ3v) is 3.87. The summed E-state index contributed by atoms with van der Waals surface area (Å²) in [6, 6.07) is 3.40. The Kier molecular flexibility index (Phi) is 4.10. The van der Waals surface area contributed by atoms with Gasteiger partial charge in [-0.15, -0.1) is 10.2 Å². The zero-order valence-electron chi connectivity index (χ0n) is 11.9. The molecule has 1 saturated carbocycles. The molecule has 0 aliphatic heterocycles. The van der Waals surface area contributed by atoms with Crippen molar-refractivity contribution in [1.82, 2.24) is 20.3 Å². The van der Waals surface area contributed by atoms with E-state index in [1.54, 1.807) is 12.1 Å². The lowest BCUT2D eigenvalue weighted by molar-refractivity contribution is 0.102. The van der Waals surface area contributed by atoms with Gasteiger partial charge < -0.3 is 14.4 Å². The van der Waals surface area contributed by atoms with Crippen LogP contribution in [0.3, 0.4) is 0 Å². The summed E-state index contributed by atoms with van der Waals surface area (Å²) in [6.07, 6.45) is 4.51. The Bertz CT molecular complexity index is 578. The zero-order valence-corrected chi connectivity index (χ0v) is 11.9. The van der Waals surface area contributed by atoms with Crippen molar-refractivity contribution in [2.24, 2.45) is 5.92 Å². The largest absolute Gasteiger partial charge is 0.480 e. The van der Waals surface area contributed by atoms with Gasteiger partial charge in [-0.05, 0) is 24.8 Å². The first kappa shape index (κ1) is 13.9. The van der Waals surface area contributed by atoms with Crippen molar-refractivity contribution in [3.8, 4) is 17.4 Å². The fourth-order valence-electron chi connectivity index (χ4n) is 2.68.